The van der Waals surface area contributed by atoms with Crippen LogP contribution in [0.3, 0.4) is 0 Å². The van der Waals surface area contributed by atoms with Crippen molar-refractivity contribution in [1.82, 2.24) is 0 Å². The topological polar surface area (TPSA) is 0 Å². The molecule has 0 heterocycles. The first-order valence-corrected chi connectivity index (χ1v) is 14.6. The Kier molecular flexibility index (Phi) is 16.4. The first kappa shape index (κ1) is 28.0. The lowest BCUT2D eigenvalue weighted by Gasteiger charge is -2.40. The van der Waals surface area contributed by atoms with Gasteiger partial charge in [0, 0.05) is 0 Å². The van der Waals surface area contributed by atoms with Gasteiger partial charge in [-0.25, -0.2) is 0 Å². The zero-order chi connectivity index (χ0) is 22.1. The second-order valence-electron chi connectivity index (χ2n) is 11.3. The molecule has 1 saturated carbocycles. The van der Waals surface area contributed by atoms with E-state index in [-0.39, 0.29) is 0 Å². The molecule has 30 heavy (non-hydrogen) atoms. The van der Waals surface area contributed by atoms with Crippen molar-refractivity contribution in [3.63, 3.8) is 0 Å². The van der Waals surface area contributed by atoms with Crippen LogP contribution in [-0.4, -0.2) is 0 Å². The molecule has 1 aliphatic carbocycles. The van der Waals surface area contributed by atoms with Crippen LogP contribution in [0.25, 0.3) is 0 Å². The van der Waals surface area contributed by atoms with Crippen molar-refractivity contribution >= 4 is 0 Å². The lowest BCUT2D eigenvalue weighted by Crippen LogP contribution is -2.30. The van der Waals surface area contributed by atoms with Crippen molar-refractivity contribution in [1.29, 1.82) is 0 Å². The van der Waals surface area contributed by atoms with Gasteiger partial charge in [-0.05, 0) is 36.0 Å². The van der Waals surface area contributed by atoms with Crippen molar-refractivity contribution in [3.8, 4) is 0 Å². The van der Waals surface area contributed by atoms with Crippen LogP contribution in [0.1, 0.15) is 169 Å². The summed E-state index contributed by atoms with van der Waals surface area (Å²) in [5.74, 6) is 2.86. The fourth-order valence-electron chi connectivity index (χ4n) is 6.10. The van der Waals surface area contributed by atoms with Gasteiger partial charge in [-0.2, -0.15) is 0 Å². The van der Waals surface area contributed by atoms with Gasteiger partial charge >= 0.3 is 0 Å². The normalized spacial score (nSPS) is 24.3. The van der Waals surface area contributed by atoms with Crippen molar-refractivity contribution in [3.05, 3.63) is 0 Å². The Balaban J connectivity index is 2.71. The van der Waals surface area contributed by atoms with Crippen molar-refractivity contribution < 1.29 is 0 Å². The molecule has 3 atom stereocenters. The van der Waals surface area contributed by atoms with Gasteiger partial charge in [0.15, 0.2) is 0 Å². The first-order valence-electron chi connectivity index (χ1n) is 14.6. The smallest absolute Gasteiger partial charge is 0.0303 e. The average molecular weight is 421 g/mol. The molecule has 0 saturated heterocycles. The predicted octanol–water partition coefficient (Wildman–Crippen LogP) is 11.1. The molecule has 180 valence electrons. The van der Waals surface area contributed by atoms with Crippen LogP contribution >= 0.6 is 0 Å². The molecule has 0 aromatic carbocycles. The van der Waals surface area contributed by atoms with E-state index in [1.54, 1.807) is 0 Å². The molecule has 0 spiro atoms. The molecule has 0 nitrogen and oxygen atoms in total. The fraction of sp³-hybridized carbons (Fsp3) is 1.00. The Labute approximate surface area is 192 Å². The summed E-state index contributed by atoms with van der Waals surface area (Å²) in [7, 11) is 0. The van der Waals surface area contributed by atoms with E-state index < -0.39 is 0 Å². The molecular formula is C30H60. The molecule has 1 rings (SSSR count). The van der Waals surface area contributed by atoms with Crippen LogP contribution in [0.4, 0.5) is 0 Å². The lowest BCUT2D eigenvalue weighted by atomic mass is 9.65. The van der Waals surface area contributed by atoms with Gasteiger partial charge in [0.25, 0.3) is 0 Å². The minimum Gasteiger partial charge on any atom is -0.0654 e. The lowest BCUT2D eigenvalue weighted by molar-refractivity contribution is 0.105. The van der Waals surface area contributed by atoms with Crippen LogP contribution < -0.4 is 0 Å². The van der Waals surface area contributed by atoms with E-state index in [1.807, 2.05) is 0 Å². The third-order valence-corrected chi connectivity index (χ3v) is 9.13. The Bertz CT molecular complexity index is 366. The SMILES string of the molecule is CCCCCCCCC(C)C1CCCCCCCCCCCC(C(C)(CC)CC)C1. The molecule has 0 bridgehead atoms. The third kappa shape index (κ3) is 11.6. The quantitative estimate of drug-likeness (QED) is 0.291. The molecule has 1 fully saturated rings. The summed E-state index contributed by atoms with van der Waals surface area (Å²) >= 11 is 0. The second kappa shape index (κ2) is 17.5. The Morgan fingerprint density at radius 3 is 1.73 bits per heavy atom. The first-order chi connectivity index (χ1) is 14.6. The van der Waals surface area contributed by atoms with E-state index in [2.05, 4.69) is 34.6 Å². The summed E-state index contributed by atoms with van der Waals surface area (Å²) in [6.45, 7) is 12.5. The standard InChI is InChI=1S/C30H60/c1-6-9-10-11-17-20-23-27(4)28-24-21-18-15-13-12-14-16-19-22-25-29(26-28)30(5,7-2)8-3/h27-29H,6-26H2,1-5H3. The number of hydrogen-bond donors (Lipinski definition) is 0. The van der Waals surface area contributed by atoms with Crippen LogP contribution in [0.5, 0.6) is 0 Å². The maximum Gasteiger partial charge on any atom is -0.0303 e. The number of rotatable bonds is 11. The van der Waals surface area contributed by atoms with E-state index in [0.29, 0.717) is 5.41 Å². The van der Waals surface area contributed by atoms with Crippen molar-refractivity contribution in [2.24, 2.45) is 23.2 Å². The maximum atomic E-state index is 2.62. The zero-order valence-electron chi connectivity index (χ0n) is 22.1. The molecule has 0 aromatic rings. The molecule has 3 unspecified atom stereocenters. The predicted molar refractivity (Wildman–Crippen MR) is 138 cm³/mol. The van der Waals surface area contributed by atoms with Gasteiger partial charge in [-0.1, -0.05) is 157 Å². The van der Waals surface area contributed by atoms with Gasteiger partial charge in [-0.15, -0.1) is 0 Å². The van der Waals surface area contributed by atoms with E-state index >= 15 is 0 Å². The third-order valence-electron chi connectivity index (χ3n) is 9.13. The molecule has 0 aromatic heterocycles. The fourth-order valence-corrected chi connectivity index (χ4v) is 6.10. The zero-order valence-corrected chi connectivity index (χ0v) is 22.1. The van der Waals surface area contributed by atoms with Gasteiger partial charge in [-0.3, -0.25) is 0 Å². The summed E-state index contributed by atoms with van der Waals surface area (Å²) in [6.07, 6.45) is 30.8. The van der Waals surface area contributed by atoms with Crippen LogP contribution in [0.15, 0.2) is 0 Å². The Hall–Kier alpha value is 0. The highest BCUT2D eigenvalue weighted by Gasteiger charge is 2.33. The van der Waals surface area contributed by atoms with Crippen LogP contribution in [0.2, 0.25) is 0 Å². The Morgan fingerprint density at radius 1 is 0.667 bits per heavy atom. The summed E-state index contributed by atoms with van der Waals surface area (Å²) in [6, 6.07) is 0. The minimum absolute atomic E-state index is 0.565. The van der Waals surface area contributed by atoms with E-state index in [9.17, 15) is 0 Å². The molecule has 1 aliphatic rings. The van der Waals surface area contributed by atoms with Crippen LogP contribution in [-0.2, 0) is 0 Å². The summed E-state index contributed by atoms with van der Waals surface area (Å²) in [5.41, 5.74) is 0.565. The highest BCUT2D eigenvalue weighted by molar-refractivity contribution is 4.84. The minimum atomic E-state index is 0.565. The van der Waals surface area contributed by atoms with E-state index in [1.165, 1.54) is 135 Å². The molecule has 0 N–H and O–H groups in total. The number of unbranched alkanes of at least 4 members (excludes halogenated alkanes) is 5. The highest BCUT2D eigenvalue weighted by atomic mass is 14.4. The maximum absolute atomic E-state index is 2.62. The Morgan fingerprint density at radius 2 is 1.17 bits per heavy atom. The summed E-state index contributed by atoms with van der Waals surface area (Å²) in [4.78, 5) is 0. The molecule has 0 amide bonds. The van der Waals surface area contributed by atoms with Crippen molar-refractivity contribution in [2.45, 2.75) is 169 Å². The monoisotopic (exact) mass is 420 g/mol. The van der Waals surface area contributed by atoms with Gasteiger partial charge in [0.2, 0.25) is 0 Å². The highest BCUT2D eigenvalue weighted by Crippen LogP contribution is 2.44. The van der Waals surface area contributed by atoms with Gasteiger partial charge < -0.3 is 0 Å². The molecule has 0 radical (unpaired) electrons. The van der Waals surface area contributed by atoms with Gasteiger partial charge in [0.05, 0.1) is 0 Å². The van der Waals surface area contributed by atoms with E-state index in [4.69, 9.17) is 0 Å². The van der Waals surface area contributed by atoms with Crippen molar-refractivity contribution in [2.75, 3.05) is 0 Å². The second-order valence-corrected chi connectivity index (χ2v) is 11.3. The average Bonchev–Trinajstić information content (AvgIpc) is 2.76. The summed E-state index contributed by atoms with van der Waals surface area (Å²) < 4.78 is 0. The summed E-state index contributed by atoms with van der Waals surface area (Å²) in [5, 5.41) is 0. The molecular weight excluding hydrogens is 360 g/mol. The van der Waals surface area contributed by atoms with E-state index in [0.717, 1.165) is 17.8 Å². The van der Waals surface area contributed by atoms with Crippen LogP contribution in [0, 0.1) is 23.2 Å². The van der Waals surface area contributed by atoms with Gasteiger partial charge in [0.1, 0.15) is 0 Å². The number of hydrogen-bond acceptors (Lipinski definition) is 0. The molecule has 0 heteroatoms. The molecule has 0 aliphatic heterocycles. The largest absolute Gasteiger partial charge is 0.0654 e.